The van der Waals surface area contributed by atoms with Crippen molar-refractivity contribution in [1.82, 2.24) is 9.97 Å². The molecule has 0 aliphatic rings. The number of aromatic nitrogens is 2. The number of fused-ring (bicyclic) bond motifs is 1. The Hall–Kier alpha value is -2.82. The summed E-state index contributed by atoms with van der Waals surface area (Å²) in [6.07, 6.45) is 0. The number of benzene rings is 2. The van der Waals surface area contributed by atoms with Crippen molar-refractivity contribution < 1.29 is 23.5 Å². The van der Waals surface area contributed by atoms with Gasteiger partial charge >= 0.3 is 0 Å². The number of hydroxylamine groups is 1. The van der Waals surface area contributed by atoms with Gasteiger partial charge in [0.25, 0.3) is 0 Å². The van der Waals surface area contributed by atoms with Gasteiger partial charge in [-0.3, -0.25) is 10.6 Å². The van der Waals surface area contributed by atoms with Crippen LogP contribution in [-0.4, -0.2) is 38.3 Å². The summed E-state index contributed by atoms with van der Waals surface area (Å²) in [5, 5.41) is 31.1. The second kappa shape index (κ2) is 7.54. The molecule has 2 aromatic carbocycles. The average Bonchev–Trinajstić information content (AvgIpc) is 3.08. The minimum Gasteiger partial charge on any atom is -0.389 e. The molecule has 7 nitrogen and oxygen atoms in total. The molecule has 154 valence electrons. The van der Waals surface area contributed by atoms with E-state index in [1.165, 1.54) is 0 Å². The van der Waals surface area contributed by atoms with E-state index in [1.807, 2.05) is 0 Å². The number of aromatic amines is 1. The van der Waals surface area contributed by atoms with Gasteiger partial charge in [0.05, 0.1) is 21.8 Å². The Morgan fingerprint density at radius 1 is 1.28 bits per heavy atom. The molecule has 0 saturated carbocycles. The summed E-state index contributed by atoms with van der Waals surface area (Å²) in [5.74, 6) is -3.83. The molecule has 0 amide bonds. The van der Waals surface area contributed by atoms with Crippen molar-refractivity contribution in [1.29, 1.82) is 5.41 Å². The molecule has 0 saturated heterocycles. The van der Waals surface area contributed by atoms with Crippen molar-refractivity contribution in [3.05, 3.63) is 52.3 Å². The maximum atomic E-state index is 14.2. The Labute approximate surface area is 168 Å². The highest BCUT2D eigenvalue weighted by molar-refractivity contribution is 6.31. The molecule has 3 aromatic rings. The van der Waals surface area contributed by atoms with Crippen molar-refractivity contribution in [2.45, 2.75) is 19.4 Å². The molecule has 0 radical (unpaired) electrons. The lowest BCUT2D eigenvalue weighted by Crippen LogP contribution is -2.29. The first-order chi connectivity index (χ1) is 13.5. The zero-order chi connectivity index (χ0) is 21.5. The van der Waals surface area contributed by atoms with Gasteiger partial charge in [0.2, 0.25) is 5.95 Å². The number of hydrogen-bond acceptors (Lipinski definition) is 5. The van der Waals surface area contributed by atoms with E-state index in [-0.39, 0.29) is 34.3 Å². The maximum Gasteiger partial charge on any atom is 0.201 e. The highest BCUT2D eigenvalue weighted by Gasteiger charge is 2.23. The number of imidazole rings is 1. The van der Waals surface area contributed by atoms with Crippen LogP contribution < -0.4 is 10.4 Å². The van der Waals surface area contributed by atoms with Gasteiger partial charge in [-0.15, -0.1) is 0 Å². The van der Waals surface area contributed by atoms with Crippen molar-refractivity contribution in [2.24, 2.45) is 0 Å². The summed E-state index contributed by atoms with van der Waals surface area (Å²) in [4.78, 5) is 6.62. The van der Waals surface area contributed by atoms with Crippen LogP contribution in [0.2, 0.25) is 5.02 Å². The average molecular weight is 428 g/mol. The molecule has 0 aliphatic heterocycles. The standard InChI is InChI=1S/C18H17ClF3N5O2/c1-18(2,28)7-24-17-25-14-9(6-12(21)13(22)15(14)26-17)16(23)27(29)8-3-4-11(20)10(19)5-8/h3-6,23,28-29H,7H2,1-2H3,(H2,24,25,26). The van der Waals surface area contributed by atoms with Gasteiger partial charge in [-0.1, -0.05) is 11.6 Å². The third-order valence-electron chi connectivity index (χ3n) is 3.96. The number of nitrogens with one attached hydrogen (secondary N) is 3. The maximum absolute atomic E-state index is 14.2. The molecule has 0 bridgehead atoms. The first-order valence-corrected chi connectivity index (χ1v) is 8.72. The summed E-state index contributed by atoms with van der Waals surface area (Å²) in [5.41, 5.74) is -1.81. The van der Waals surface area contributed by atoms with Crippen molar-refractivity contribution >= 4 is 40.1 Å². The normalized spacial score (nSPS) is 11.7. The fourth-order valence-electron chi connectivity index (χ4n) is 2.53. The van der Waals surface area contributed by atoms with E-state index >= 15 is 0 Å². The van der Waals surface area contributed by atoms with Crippen LogP contribution in [-0.2, 0) is 0 Å². The Kier molecular flexibility index (Phi) is 5.44. The molecule has 0 spiro atoms. The zero-order valence-electron chi connectivity index (χ0n) is 15.3. The van der Waals surface area contributed by atoms with Gasteiger partial charge in [0.15, 0.2) is 17.5 Å². The molecule has 1 aromatic heterocycles. The molecule has 0 unspecified atom stereocenters. The molecule has 0 aliphatic carbocycles. The van der Waals surface area contributed by atoms with E-state index in [9.17, 15) is 23.5 Å². The molecule has 29 heavy (non-hydrogen) atoms. The number of anilines is 2. The van der Waals surface area contributed by atoms with Gasteiger partial charge in [-0.25, -0.2) is 23.2 Å². The zero-order valence-corrected chi connectivity index (χ0v) is 16.1. The van der Waals surface area contributed by atoms with Crippen LogP contribution in [0.5, 0.6) is 0 Å². The second-order valence-corrected chi connectivity index (χ2v) is 7.36. The largest absolute Gasteiger partial charge is 0.389 e. The number of rotatable bonds is 5. The highest BCUT2D eigenvalue weighted by Crippen LogP contribution is 2.28. The van der Waals surface area contributed by atoms with Crippen LogP contribution in [0.25, 0.3) is 11.0 Å². The molecule has 3 rings (SSSR count). The van der Waals surface area contributed by atoms with E-state index < -0.39 is 34.4 Å². The topological polar surface area (TPSA) is 108 Å². The number of halogens is 4. The Balaban J connectivity index is 2.03. The van der Waals surface area contributed by atoms with Crippen molar-refractivity contribution in [3.63, 3.8) is 0 Å². The van der Waals surface area contributed by atoms with E-state index in [0.29, 0.717) is 5.06 Å². The molecule has 5 N–H and O–H groups in total. The minimum absolute atomic E-state index is 0.0370. The van der Waals surface area contributed by atoms with E-state index in [4.69, 9.17) is 17.0 Å². The third kappa shape index (κ3) is 4.29. The Morgan fingerprint density at radius 2 is 1.97 bits per heavy atom. The highest BCUT2D eigenvalue weighted by atomic mass is 35.5. The predicted octanol–water partition coefficient (Wildman–Crippen LogP) is 4.04. The number of aliphatic hydroxyl groups is 1. The fourth-order valence-corrected chi connectivity index (χ4v) is 2.71. The smallest absolute Gasteiger partial charge is 0.201 e. The van der Waals surface area contributed by atoms with Crippen molar-refractivity contribution in [2.75, 3.05) is 16.9 Å². The molecule has 0 atom stereocenters. The van der Waals surface area contributed by atoms with Crippen molar-refractivity contribution in [3.8, 4) is 0 Å². The number of nitrogens with zero attached hydrogens (tertiary/aromatic N) is 2. The summed E-state index contributed by atoms with van der Waals surface area (Å²) in [6.45, 7) is 3.15. The molecule has 11 heteroatoms. The van der Waals surface area contributed by atoms with Gasteiger partial charge in [0.1, 0.15) is 11.3 Å². The second-order valence-electron chi connectivity index (χ2n) is 6.95. The van der Waals surface area contributed by atoms with Crippen LogP contribution >= 0.6 is 11.6 Å². The van der Waals surface area contributed by atoms with Gasteiger partial charge in [0, 0.05) is 12.1 Å². The summed E-state index contributed by atoms with van der Waals surface area (Å²) in [6, 6.07) is 3.96. The number of amidine groups is 1. The Bertz CT molecular complexity index is 1100. The monoisotopic (exact) mass is 427 g/mol. The van der Waals surface area contributed by atoms with Crippen LogP contribution in [0.1, 0.15) is 19.4 Å². The lowest BCUT2D eigenvalue weighted by molar-refractivity contribution is 0.0943. The summed E-state index contributed by atoms with van der Waals surface area (Å²) in [7, 11) is 0. The van der Waals surface area contributed by atoms with E-state index in [2.05, 4.69) is 15.3 Å². The summed E-state index contributed by atoms with van der Waals surface area (Å²) >= 11 is 5.69. The van der Waals surface area contributed by atoms with Gasteiger partial charge in [-0.05, 0) is 38.1 Å². The predicted molar refractivity (Wildman–Crippen MR) is 103 cm³/mol. The SMILES string of the molecule is CC(C)(O)CNc1nc2c(F)c(F)cc(C(=N)N(O)c3ccc(F)c(Cl)c3)c2[nH]1. The first kappa shape index (κ1) is 20.9. The van der Waals surface area contributed by atoms with Gasteiger partial charge in [-0.2, -0.15) is 0 Å². The lowest BCUT2D eigenvalue weighted by atomic mass is 10.1. The van der Waals surface area contributed by atoms with Crippen LogP contribution in [0.4, 0.5) is 24.8 Å². The first-order valence-electron chi connectivity index (χ1n) is 8.35. The fraction of sp³-hybridized carbons (Fsp3) is 0.222. The molecule has 1 heterocycles. The van der Waals surface area contributed by atoms with Gasteiger partial charge < -0.3 is 15.4 Å². The number of H-pyrrole nitrogens is 1. The third-order valence-corrected chi connectivity index (χ3v) is 4.25. The number of hydrogen-bond donors (Lipinski definition) is 5. The molecular weight excluding hydrogens is 411 g/mol. The van der Waals surface area contributed by atoms with E-state index in [1.54, 1.807) is 13.8 Å². The lowest BCUT2D eigenvalue weighted by Gasteiger charge is -2.18. The van der Waals surface area contributed by atoms with Crippen LogP contribution in [0.3, 0.4) is 0 Å². The van der Waals surface area contributed by atoms with Crippen LogP contribution in [0, 0.1) is 22.9 Å². The molecular formula is C18H17ClF3N5O2. The Morgan fingerprint density at radius 3 is 2.59 bits per heavy atom. The molecule has 0 fully saturated rings. The summed E-state index contributed by atoms with van der Waals surface area (Å²) < 4.78 is 41.6. The van der Waals surface area contributed by atoms with E-state index in [0.717, 1.165) is 24.3 Å². The minimum atomic E-state index is -1.27. The van der Waals surface area contributed by atoms with Crippen LogP contribution in [0.15, 0.2) is 24.3 Å². The quantitative estimate of drug-likeness (QED) is 0.240.